The van der Waals surface area contributed by atoms with E-state index in [2.05, 4.69) is 0 Å². The Balaban J connectivity index is 3.47. The van der Waals surface area contributed by atoms with Gasteiger partial charge in [-0.1, -0.05) is 12.2 Å². The molecule has 0 radical (unpaired) electrons. The average Bonchev–Trinajstić information content (AvgIpc) is 1.92. The fraction of sp³-hybridized carbons (Fsp3) is 0.833. The molecule has 14 heavy (non-hydrogen) atoms. The van der Waals surface area contributed by atoms with Gasteiger partial charge >= 0.3 is 0 Å². The van der Waals surface area contributed by atoms with Gasteiger partial charge in [0.1, 0.15) is 0 Å². The summed E-state index contributed by atoms with van der Waals surface area (Å²) in [5, 5.41) is 0. The van der Waals surface area contributed by atoms with Gasteiger partial charge in [-0.05, 0) is 41.5 Å². The molecule has 0 fully saturated rings. The minimum atomic E-state index is -0.0603. The molecule has 0 aromatic rings. The summed E-state index contributed by atoms with van der Waals surface area (Å²) in [6, 6.07) is 0. The first-order chi connectivity index (χ1) is 6.21. The van der Waals surface area contributed by atoms with Gasteiger partial charge in [0, 0.05) is 0 Å². The van der Waals surface area contributed by atoms with Crippen LogP contribution in [0.25, 0.3) is 0 Å². The predicted octanol–water partition coefficient (Wildman–Crippen LogP) is 3.17. The van der Waals surface area contributed by atoms with Gasteiger partial charge in [0.05, 0.1) is 24.4 Å². The summed E-state index contributed by atoms with van der Waals surface area (Å²) in [7, 11) is 0. The Morgan fingerprint density at radius 2 is 1.00 bits per heavy atom. The van der Waals surface area contributed by atoms with Gasteiger partial charge in [0.25, 0.3) is 0 Å². The highest BCUT2D eigenvalue weighted by Gasteiger charge is 2.08. The molecule has 0 aliphatic rings. The second kappa shape index (κ2) is 5.52. The van der Waals surface area contributed by atoms with Crippen LogP contribution in [-0.2, 0) is 9.47 Å². The first-order valence-corrected chi connectivity index (χ1v) is 5.14. The molecule has 0 unspecified atom stereocenters. The van der Waals surface area contributed by atoms with E-state index in [1.807, 2.05) is 53.7 Å². The van der Waals surface area contributed by atoms with Crippen LogP contribution in [0.15, 0.2) is 12.2 Å². The minimum absolute atomic E-state index is 0.0603. The molecule has 0 rings (SSSR count). The van der Waals surface area contributed by atoms with Crippen molar-refractivity contribution in [3.8, 4) is 0 Å². The highest BCUT2D eigenvalue weighted by Crippen LogP contribution is 2.07. The zero-order valence-electron chi connectivity index (χ0n) is 10.4. The second-order valence-electron chi connectivity index (χ2n) is 5.32. The van der Waals surface area contributed by atoms with Crippen molar-refractivity contribution in [2.75, 3.05) is 13.2 Å². The summed E-state index contributed by atoms with van der Waals surface area (Å²) in [4.78, 5) is 0. The maximum Gasteiger partial charge on any atom is 0.0655 e. The Kier molecular flexibility index (Phi) is 5.38. The Morgan fingerprint density at radius 1 is 0.714 bits per heavy atom. The van der Waals surface area contributed by atoms with Crippen molar-refractivity contribution in [2.45, 2.75) is 52.7 Å². The van der Waals surface area contributed by atoms with Crippen molar-refractivity contribution >= 4 is 0 Å². The van der Waals surface area contributed by atoms with Crippen LogP contribution in [0.4, 0.5) is 0 Å². The first kappa shape index (κ1) is 13.7. The monoisotopic (exact) mass is 200 g/mol. The molecular weight excluding hydrogens is 176 g/mol. The third-order valence-corrected chi connectivity index (χ3v) is 1.39. The van der Waals surface area contributed by atoms with Gasteiger partial charge in [-0.2, -0.15) is 0 Å². The summed E-state index contributed by atoms with van der Waals surface area (Å²) in [6.07, 6.45) is 3.99. The quantitative estimate of drug-likeness (QED) is 0.649. The number of rotatable bonds is 4. The molecule has 0 amide bonds. The number of hydrogen-bond donors (Lipinski definition) is 0. The number of ether oxygens (including phenoxy) is 2. The first-order valence-electron chi connectivity index (χ1n) is 5.14. The zero-order chi connectivity index (χ0) is 11.2. The summed E-state index contributed by atoms with van der Waals surface area (Å²) >= 11 is 0. The lowest BCUT2D eigenvalue weighted by atomic mass is 10.2. The zero-order valence-corrected chi connectivity index (χ0v) is 10.4. The van der Waals surface area contributed by atoms with E-state index >= 15 is 0 Å². The van der Waals surface area contributed by atoms with Crippen molar-refractivity contribution in [2.24, 2.45) is 0 Å². The van der Waals surface area contributed by atoms with Gasteiger partial charge in [-0.3, -0.25) is 0 Å². The molecule has 0 aromatic heterocycles. The van der Waals surface area contributed by atoms with E-state index in [4.69, 9.17) is 9.47 Å². The van der Waals surface area contributed by atoms with Gasteiger partial charge in [0.15, 0.2) is 0 Å². The van der Waals surface area contributed by atoms with Gasteiger partial charge in [-0.25, -0.2) is 0 Å². The molecule has 0 saturated carbocycles. The van der Waals surface area contributed by atoms with Crippen molar-refractivity contribution in [3.05, 3.63) is 12.2 Å². The van der Waals surface area contributed by atoms with Crippen LogP contribution in [-0.4, -0.2) is 24.4 Å². The maximum atomic E-state index is 5.52. The van der Waals surface area contributed by atoms with Crippen molar-refractivity contribution in [1.82, 2.24) is 0 Å². The average molecular weight is 200 g/mol. The smallest absolute Gasteiger partial charge is 0.0655 e. The van der Waals surface area contributed by atoms with E-state index in [1.165, 1.54) is 0 Å². The summed E-state index contributed by atoms with van der Waals surface area (Å²) in [5.74, 6) is 0. The van der Waals surface area contributed by atoms with Gasteiger partial charge in [0.2, 0.25) is 0 Å². The summed E-state index contributed by atoms with van der Waals surface area (Å²) < 4.78 is 11.0. The molecule has 0 aliphatic carbocycles. The Labute approximate surface area is 88.3 Å². The Hall–Kier alpha value is -0.340. The van der Waals surface area contributed by atoms with E-state index < -0.39 is 0 Å². The van der Waals surface area contributed by atoms with Crippen LogP contribution in [0.3, 0.4) is 0 Å². The van der Waals surface area contributed by atoms with Crippen molar-refractivity contribution in [1.29, 1.82) is 0 Å². The molecule has 0 atom stereocenters. The minimum Gasteiger partial charge on any atom is -0.372 e. The Bertz CT molecular complexity index is 150. The number of hydrogen-bond acceptors (Lipinski definition) is 2. The van der Waals surface area contributed by atoms with Gasteiger partial charge < -0.3 is 9.47 Å². The molecule has 0 spiro atoms. The maximum absolute atomic E-state index is 5.52. The van der Waals surface area contributed by atoms with Crippen LogP contribution in [0.1, 0.15) is 41.5 Å². The largest absolute Gasteiger partial charge is 0.372 e. The van der Waals surface area contributed by atoms with E-state index in [-0.39, 0.29) is 11.2 Å². The summed E-state index contributed by atoms with van der Waals surface area (Å²) in [6.45, 7) is 13.6. The normalized spacial score (nSPS) is 13.9. The molecule has 84 valence electrons. The third-order valence-electron chi connectivity index (χ3n) is 1.39. The van der Waals surface area contributed by atoms with E-state index in [0.717, 1.165) is 0 Å². The van der Waals surface area contributed by atoms with Crippen LogP contribution >= 0.6 is 0 Å². The van der Waals surface area contributed by atoms with E-state index in [9.17, 15) is 0 Å². The lowest BCUT2D eigenvalue weighted by Gasteiger charge is -2.19. The fourth-order valence-electron chi connectivity index (χ4n) is 0.732. The van der Waals surface area contributed by atoms with Crippen LogP contribution < -0.4 is 0 Å². The molecule has 0 aromatic carbocycles. The molecule has 0 N–H and O–H groups in total. The molecule has 0 aliphatic heterocycles. The van der Waals surface area contributed by atoms with Gasteiger partial charge in [-0.15, -0.1) is 0 Å². The standard InChI is InChI=1S/C12H24O2/c1-11(2,3)13-9-7-8-10-14-12(4,5)6/h7-8H,9-10H2,1-6H3/b8-7+. The topological polar surface area (TPSA) is 18.5 Å². The van der Waals surface area contributed by atoms with Crippen molar-refractivity contribution < 1.29 is 9.47 Å². The predicted molar refractivity (Wildman–Crippen MR) is 60.6 cm³/mol. The second-order valence-corrected chi connectivity index (χ2v) is 5.32. The highest BCUT2D eigenvalue weighted by atomic mass is 16.5. The van der Waals surface area contributed by atoms with Crippen LogP contribution in [0.5, 0.6) is 0 Å². The lowest BCUT2D eigenvalue weighted by Crippen LogP contribution is -2.20. The van der Waals surface area contributed by atoms with Crippen molar-refractivity contribution in [3.63, 3.8) is 0 Å². The highest BCUT2D eigenvalue weighted by molar-refractivity contribution is 4.83. The Morgan fingerprint density at radius 3 is 1.21 bits per heavy atom. The molecule has 2 heteroatoms. The van der Waals surface area contributed by atoms with E-state index in [0.29, 0.717) is 13.2 Å². The fourth-order valence-corrected chi connectivity index (χ4v) is 0.732. The van der Waals surface area contributed by atoms with Crippen LogP contribution in [0, 0.1) is 0 Å². The molecule has 0 saturated heterocycles. The molecule has 0 bridgehead atoms. The third kappa shape index (κ3) is 11.7. The summed E-state index contributed by atoms with van der Waals surface area (Å²) in [5.41, 5.74) is -0.121. The molecule has 0 heterocycles. The molecular formula is C12H24O2. The molecule has 2 nitrogen and oxygen atoms in total. The SMILES string of the molecule is CC(C)(C)OC/C=C/COC(C)(C)C. The lowest BCUT2D eigenvalue weighted by molar-refractivity contribution is 0.00911. The van der Waals surface area contributed by atoms with Crippen LogP contribution in [0.2, 0.25) is 0 Å². The van der Waals surface area contributed by atoms with E-state index in [1.54, 1.807) is 0 Å².